The van der Waals surface area contributed by atoms with Crippen LogP contribution in [0.3, 0.4) is 0 Å². The first-order chi connectivity index (χ1) is 22.7. The number of carbonyl (C=O) groups is 3. The van der Waals surface area contributed by atoms with Crippen LogP contribution in [0.25, 0.3) is 0 Å². The normalized spacial score (nSPS) is 12.9. The van der Waals surface area contributed by atoms with Gasteiger partial charge in [-0.05, 0) is 77.7 Å². The Morgan fingerprint density at radius 1 is 0.688 bits per heavy atom. The van der Waals surface area contributed by atoms with Crippen molar-refractivity contribution in [1.29, 1.82) is 0 Å². The van der Waals surface area contributed by atoms with Gasteiger partial charge in [0.05, 0.1) is 31.7 Å². The molecule has 0 bridgehead atoms. The monoisotopic (exact) mass is 690 g/mol. The van der Waals surface area contributed by atoms with E-state index in [-0.39, 0.29) is 55.3 Å². The van der Waals surface area contributed by atoms with E-state index >= 15 is 0 Å². The lowest BCUT2D eigenvalue weighted by Gasteiger charge is -2.27. The summed E-state index contributed by atoms with van der Waals surface area (Å²) in [5, 5.41) is 3.31. The van der Waals surface area contributed by atoms with Gasteiger partial charge in [-0.15, -0.1) is 11.6 Å². The highest BCUT2D eigenvalue weighted by atomic mass is 35.5. The quantitative estimate of drug-likeness (QED) is 0.109. The van der Waals surface area contributed by atoms with Crippen LogP contribution in [0.1, 0.15) is 44.2 Å². The highest BCUT2D eigenvalue weighted by Gasteiger charge is 2.24. The lowest BCUT2D eigenvalue weighted by atomic mass is 9.78. The molecule has 0 saturated carbocycles. The zero-order valence-electron chi connectivity index (χ0n) is 29.9. The Morgan fingerprint density at radius 3 is 1.62 bits per heavy atom. The molecular formula is C36H55ClN4O7. The van der Waals surface area contributed by atoms with Gasteiger partial charge in [0.2, 0.25) is 0 Å². The van der Waals surface area contributed by atoms with Crippen molar-refractivity contribution in [2.75, 3.05) is 92.9 Å². The Bertz CT molecular complexity index is 1250. The van der Waals surface area contributed by atoms with Gasteiger partial charge in [0, 0.05) is 30.7 Å². The van der Waals surface area contributed by atoms with Gasteiger partial charge >= 0.3 is 17.9 Å². The van der Waals surface area contributed by atoms with Crippen LogP contribution < -0.4 is 10.1 Å². The Labute approximate surface area is 291 Å². The molecule has 0 aliphatic carbocycles. The third kappa shape index (κ3) is 15.7. The Hall–Kier alpha value is -3.38. The van der Waals surface area contributed by atoms with Gasteiger partial charge < -0.3 is 39.0 Å². The average molecular weight is 691 g/mol. The maximum absolute atomic E-state index is 12.4. The number of nitrogens with one attached hydrogen (secondary N) is 1. The molecule has 48 heavy (non-hydrogen) atoms. The highest BCUT2D eigenvalue weighted by Crippen LogP contribution is 2.33. The molecule has 0 amide bonds. The van der Waals surface area contributed by atoms with E-state index in [1.807, 2.05) is 93.4 Å². The van der Waals surface area contributed by atoms with Crippen molar-refractivity contribution in [1.82, 2.24) is 14.7 Å². The number of anilines is 1. The molecule has 0 saturated heterocycles. The van der Waals surface area contributed by atoms with Crippen LogP contribution in [0.4, 0.5) is 5.69 Å². The van der Waals surface area contributed by atoms with Crippen molar-refractivity contribution in [3.8, 4) is 5.75 Å². The van der Waals surface area contributed by atoms with E-state index in [0.29, 0.717) is 38.3 Å². The fraction of sp³-hybridized carbons (Fsp3) is 0.583. The lowest BCUT2D eigenvalue weighted by Crippen LogP contribution is -2.32. The fourth-order valence-electron chi connectivity index (χ4n) is 4.50. The van der Waals surface area contributed by atoms with E-state index in [9.17, 15) is 14.4 Å². The summed E-state index contributed by atoms with van der Waals surface area (Å²) >= 11 is 6.05. The number of ether oxygens (including phenoxy) is 4. The van der Waals surface area contributed by atoms with Gasteiger partial charge in [0.15, 0.2) is 6.10 Å². The number of nitrogens with zero attached hydrogens (tertiary/aromatic N) is 3. The molecule has 2 aromatic carbocycles. The average Bonchev–Trinajstić information content (AvgIpc) is 3.05. The summed E-state index contributed by atoms with van der Waals surface area (Å²) in [6.07, 6.45) is -0.374. The summed E-state index contributed by atoms with van der Waals surface area (Å²) < 4.78 is 22.5. The van der Waals surface area contributed by atoms with Gasteiger partial charge in [0.25, 0.3) is 0 Å². The summed E-state index contributed by atoms with van der Waals surface area (Å²) in [6, 6.07) is 15.9. The first-order valence-electron chi connectivity index (χ1n) is 16.3. The number of hydrogen-bond acceptors (Lipinski definition) is 11. The van der Waals surface area contributed by atoms with E-state index in [1.165, 1.54) is 0 Å². The Kier molecular flexibility index (Phi) is 17.7. The highest BCUT2D eigenvalue weighted by molar-refractivity contribution is 6.18. The third-order valence-electron chi connectivity index (χ3n) is 7.64. The van der Waals surface area contributed by atoms with Gasteiger partial charge in [-0.1, -0.05) is 38.1 Å². The van der Waals surface area contributed by atoms with Gasteiger partial charge in [-0.3, -0.25) is 14.4 Å². The summed E-state index contributed by atoms with van der Waals surface area (Å²) in [5.74, 6) is -0.181. The fourth-order valence-corrected chi connectivity index (χ4v) is 4.67. The van der Waals surface area contributed by atoms with E-state index in [2.05, 4.69) is 31.3 Å². The van der Waals surface area contributed by atoms with Crippen molar-refractivity contribution >= 4 is 35.2 Å². The standard InChI is InChI=1S/C36H55ClN4O7/c1-36(2,27-9-13-29(14-10-27)38-24-31(23-37)47-34(43)18-21-40(5)6)28-11-15-30(16-12-28)45-25-32(48-35(44)19-22-41(7)8)26-46-33(42)17-20-39(3)4/h9-16,31-32,38H,17-26H2,1-8H3. The SMILES string of the molecule is CN(C)CCC(=O)OCC(COc1ccc(C(C)(C)c2ccc(NCC(CCl)OC(=O)CCN(C)C)cc2)cc1)OC(=O)CCN(C)C. The van der Waals surface area contributed by atoms with E-state index < -0.39 is 12.2 Å². The van der Waals surface area contributed by atoms with Crippen molar-refractivity contribution in [3.63, 3.8) is 0 Å². The van der Waals surface area contributed by atoms with Gasteiger partial charge in [-0.25, -0.2) is 0 Å². The molecule has 0 aliphatic heterocycles. The largest absolute Gasteiger partial charge is 0.490 e. The van der Waals surface area contributed by atoms with Crippen LogP contribution in [-0.2, 0) is 34.0 Å². The van der Waals surface area contributed by atoms with Crippen molar-refractivity contribution in [2.45, 2.75) is 50.7 Å². The van der Waals surface area contributed by atoms with Crippen molar-refractivity contribution in [3.05, 3.63) is 59.7 Å². The van der Waals surface area contributed by atoms with Crippen molar-refractivity contribution in [2.24, 2.45) is 0 Å². The second kappa shape index (κ2) is 20.9. The Balaban J connectivity index is 1.98. The van der Waals surface area contributed by atoms with Crippen LogP contribution in [0.5, 0.6) is 5.75 Å². The maximum atomic E-state index is 12.4. The molecule has 0 aliphatic rings. The molecular weight excluding hydrogens is 636 g/mol. The summed E-state index contributed by atoms with van der Waals surface area (Å²) in [4.78, 5) is 42.4. The minimum absolute atomic E-state index is 0.0473. The smallest absolute Gasteiger partial charge is 0.307 e. The lowest BCUT2D eigenvalue weighted by molar-refractivity contribution is -0.161. The zero-order valence-corrected chi connectivity index (χ0v) is 30.7. The van der Waals surface area contributed by atoms with Gasteiger partial charge in [0.1, 0.15) is 25.1 Å². The molecule has 2 aromatic rings. The van der Waals surface area contributed by atoms with Crippen LogP contribution >= 0.6 is 11.6 Å². The number of halogens is 1. The van der Waals surface area contributed by atoms with E-state index in [0.717, 1.165) is 16.8 Å². The van der Waals surface area contributed by atoms with Gasteiger partial charge in [-0.2, -0.15) is 0 Å². The number of alkyl halides is 1. The first-order valence-corrected chi connectivity index (χ1v) is 16.9. The van der Waals surface area contributed by atoms with Crippen molar-refractivity contribution < 1.29 is 33.3 Å². The van der Waals surface area contributed by atoms with Crippen LogP contribution in [0.15, 0.2) is 48.5 Å². The first kappa shape index (κ1) is 40.8. The minimum Gasteiger partial charge on any atom is -0.490 e. The molecule has 0 spiro atoms. The molecule has 12 heteroatoms. The molecule has 11 nitrogen and oxygen atoms in total. The van der Waals surface area contributed by atoms with E-state index in [4.69, 9.17) is 30.5 Å². The molecule has 0 heterocycles. The molecule has 0 aromatic heterocycles. The maximum Gasteiger partial charge on any atom is 0.307 e. The number of hydrogen-bond donors (Lipinski definition) is 1. The second-order valence-corrected chi connectivity index (χ2v) is 13.4. The molecule has 2 unspecified atom stereocenters. The number of esters is 3. The Morgan fingerprint density at radius 2 is 1.15 bits per heavy atom. The van der Waals surface area contributed by atoms with Crippen LogP contribution in [0.2, 0.25) is 0 Å². The van der Waals surface area contributed by atoms with Crippen LogP contribution in [-0.4, -0.2) is 132 Å². The minimum atomic E-state index is -0.735. The second-order valence-electron chi connectivity index (χ2n) is 13.1. The molecule has 2 rings (SSSR count). The summed E-state index contributed by atoms with van der Waals surface area (Å²) in [7, 11) is 11.3. The number of benzene rings is 2. The summed E-state index contributed by atoms with van der Waals surface area (Å²) in [6.45, 7) is 6.42. The molecule has 0 fully saturated rings. The molecule has 268 valence electrons. The predicted octanol–water partition coefficient (Wildman–Crippen LogP) is 4.26. The summed E-state index contributed by atoms with van der Waals surface area (Å²) in [5.41, 5.74) is 2.80. The molecule has 2 atom stereocenters. The van der Waals surface area contributed by atoms with E-state index in [1.54, 1.807) is 0 Å². The zero-order chi connectivity index (χ0) is 35.7. The molecule has 0 radical (unpaired) electrons. The van der Waals surface area contributed by atoms with Crippen LogP contribution in [0, 0.1) is 0 Å². The number of carbonyl (C=O) groups excluding carboxylic acids is 3. The predicted molar refractivity (Wildman–Crippen MR) is 190 cm³/mol. The topological polar surface area (TPSA) is 110 Å². The molecule has 1 N–H and O–H groups in total. The third-order valence-corrected chi connectivity index (χ3v) is 7.98. The number of rotatable bonds is 22.